The molecule has 140 valence electrons. The van der Waals surface area contributed by atoms with E-state index in [9.17, 15) is 4.79 Å². The van der Waals surface area contributed by atoms with Crippen LogP contribution in [0.4, 0.5) is 0 Å². The predicted molar refractivity (Wildman–Crippen MR) is 106 cm³/mol. The van der Waals surface area contributed by atoms with Gasteiger partial charge in [-0.2, -0.15) is 0 Å². The van der Waals surface area contributed by atoms with Crippen LogP contribution in [0.5, 0.6) is 0 Å². The molecule has 6 nitrogen and oxygen atoms in total. The van der Waals surface area contributed by atoms with Crippen LogP contribution in [0.1, 0.15) is 24.5 Å². The molecule has 0 bridgehead atoms. The Morgan fingerprint density at radius 2 is 2.22 bits per heavy atom. The Labute approximate surface area is 163 Å². The third-order valence-electron chi connectivity index (χ3n) is 5.02. The van der Waals surface area contributed by atoms with E-state index in [4.69, 9.17) is 16.6 Å². The van der Waals surface area contributed by atoms with Crippen LogP contribution in [0.25, 0.3) is 17.0 Å². The van der Waals surface area contributed by atoms with Gasteiger partial charge in [0.1, 0.15) is 5.65 Å². The molecule has 0 aromatic carbocycles. The summed E-state index contributed by atoms with van der Waals surface area (Å²) in [6, 6.07) is 9.78. The number of rotatable bonds is 4. The molecule has 4 rings (SSSR count). The SMILES string of the molecule is CNCC(=O)N1CCCC(c2cccc(-c3cnc4ccc(Cl)cn34)n2)C1. The predicted octanol–water partition coefficient (Wildman–Crippen LogP) is 2.98. The standard InChI is InChI=1S/C20H22ClN5O/c1-22-11-20(27)25-9-3-4-14(12-25)16-5-2-6-17(24-16)18-10-23-19-8-7-15(21)13-26(18)19/h2,5-8,10,13-14,22H,3-4,9,11-12H2,1H3. The van der Waals surface area contributed by atoms with Crippen LogP contribution in [-0.2, 0) is 4.79 Å². The maximum atomic E-state index is 12.2. The summed E-state index contributed by atoms with van der Waals surface area (Å²) in [5.74, 6) is 0.400. The van der Waals surface area contributed by atoms with E-state index in [0.717, 1.165) is 48.7 Å². The van der Waals surface area contributed by atoms with E-state index in [2.05, 4.69) is 16.4 Å². The topological polar surface area (TPSA) is 62.5 Å². The molecule has 0 aliphatic carbocycles. The Morgan fingerprint density at radius 1 is 1.33 bits per heavy atom. The van der Waals surface area contributed by atoms with Gasteiger partial charge in [-0.25, -0.2) is 4.98 Å². The van der Waals surface area contributed by atoms with Crippen molar-refractivity contribution in [1.82, 2.24) is 24.6 Å². The lowest BCUT2D eigenvalue weighted by molar-refractivity contribution is -0.131. The third kappa shape index (κ3) is 3.68. The van der Waals surface area contributed by atoms with Gasteiger partial charge in [0.05, 0.1) is 29.2 Å². The Bertz CT molecular complexity index is 970. The number of carbonyl (C=O) groups is 1. The Morgan fingerprint density at radius 3 is 3.07 bits per heavy atom. The number of nitrogens with zero attached hydrogens (tertiary/aromatic N) is 4. The molecule has 7 heteroatoms. The van der Waals surface area contributed by atoms with E-state index in [1.54, 1.807) is 7.05 Å². The first-order valence-corrected chi connectivity index (χ1v) is 9.56. The van der Waals surface area contributed by atoms with E-state index in [1.165, 1.54) is 0 Å². The number of likely N-dealkylation sites (tertiary alicyclic amines) is 1. The van der Waals surface area contributed by atoms with Gasteiger partial charge in [0.15, 0.2) is 0 Å². The van der Waals surface area contributed by atoms with Crippen molar-refractivity contribution in [3.63, 3.8) is 0 Å². The number of hydrogen-bond acceptors (Lipinski definition) is 4. The minimum atomic E-state index is 0.148. The van der Waals surface area contributed by atoms with Crippen molar-refractivity contribution in [2.75, 3.05) is 26.7 Å². The van der Waals surface area contributed by atoms with Gasteiger partial charge in [-0.3, -0.25) is 14.2 Å². The fourth-order valence-electron chi connectivity index (χ4n) is 3.67. The molecule has 1 fully saturated rings. The zero-order valence-electron chi connectivity index (χ0n) is 15.2. The normalized spacial score (nSPS) is 17.4. The van der Waals surface area contributed by atoms with Gasteiger partial charge < -0.3 is 10.2 Å². The van der Waals surface area contributed by atoms with Crippen LogP contribution in [0.3, 0.4) is 0 Å². The number of imidazole rings is 1. The minimum absolute atomic E-state index is 0.148. The number of carbonyl (C=O) groups excluding carboxylic acids is 1. The number of fused-ring (bicyclic) bond motifs is 1. The summed E-state index contributed by atoms with van der Waals surface area (Å²) in [6.07, 6.45) is 5.71. The van der Waals surface area contributed by atoms with Gasteiger partial charge >= 0.3 is 0 Å². The molecule has 0 spiro atoms. The van der Waals surface area contributed by atoms with Crippen molar-refractivity contribution in [2.24, 2.45) is 0 Å². The summed E-state index contributed by atoms with van der Waals surface area (Å²) in [5, 5.41) is 3.60. The molecule has 1 aliphatic heterocycles. The average Bonchev–Trinajstić information content (AvgIpc) is 3.11. The molecule has 3 aromatic rings. The van der Waals surface area contributed by atoms with Crippen molar-refractivity contribution in [3.05, 3.63) is 53.4 Å². The van der Waals surface area contributed by atoms with Gasteiger partial charge in [0, 0.05) is 30.9 Å². The largest absolute Gasteiger partial charge is 0.341 e. The van der Waals surface area contributed by atoms with E-state index < -0.39 is 0 Å². The average molecular weight is 384 g/mol. The fourth-order valence-corrected chi connectivity index (χ4v) is 3.83. The maximum absolute atomic E-state index is 12.2. The lowest BCUT2D eigenvalue weighted by atomic mass is 9.94. The lowest BCUT2D eigenvalue weighted by Gasteiger charge is -2.32. The number of pyridine rings is 2. The molecule has 4 heterocycles. The van der Waals surface area contributed by atoms with E-state index >= 15 is 0 Å². The van der Waals surface area contributed by atoms with Gasteiger partial charge in [-0.1, -0.05) is 17.7 Å². The summed E-state index contributed by atoms with van der Waals surface area (Å²) in [7, 11) is 1.80. The molecule has 1 saturated heterocycles. The monoisotopic (exact) mass is 383 g/mol. The first-order chi connectivity index (χ1) is 13.2. The molecule has 1 unspecified atom stereocenters. The molecular formula is C20H22ClN5O. The van der Waals surface area contributed by atoms with Crippen molar-refractivity contribution in [3.8, 4) is 11.4 Å². The van der Waals surface area contributed by atoms with Crippen LogP contribution in [0.2, 0.25) is 5.02 Å². The molecule has 1 aliphatic rings. The van der Waals surface area contributed by atoms with Crippen molar-refractivity contribution in [2.45, 2.75) is 18.8 Å². The molecule has 0 radical (unpaired) electrons. The molecule has 0 saturated carbocycles. The molecule has 1 N–H and O–H groups in total. The number of piperidine rings is 1. The van der Waals surface area contributed by atoms with Gasteiger partial charge in [-0.15, -0.1) is 0 Å². The van der Waals surface area contributed by atoms with Crippen LogP contribution in [-0.4, -0.2) is 51.9 Å². The van der Waals surface area contributed by atoms with Gasteiger partial charge in [0.25, 0.3) is 0 Å². The van der Waals surface area contributed by atoms with Gasteiger partial charge in [0.2, 0.25) is 5.91 Å². The summed E-state index contributed by atoms with van der Waals surface area (Å²) >= 11 is 6.15. The number of nitrogens with one attached hydrogen (secondary N) is 1. The summed E-state index contributed by atoms with van der Waals surface area (Å²) in [4.78, 5) is 23.5. The Kier molecular flexibility index (Phi) is 5.09. The van der Waals surface area contributed by atoms with Crippen LogP contribution < -0.4 is 5.32 Å². The first-order valence-electron chi connectivity index (χ1n) is 9.18. The summed E-state index contributed by atoms with van der Waals surface area (Å²) in [6.45, 7) is 1.92. The van der Waals surface area contributed by atoms with Crippen LogP contribution in [0.15, 0.2) is 42.7 Å². The zero-order chi connectivity index (χ0) is 18.8. The molecule has 3 aromatic heterocycles. The summed E-state index contributed by atoms with van der Waals surface area (Å²) in [5.41, 5.74) is 3.63. The quantitative estimate of drug-likeness (QED) is 0.752. The Hall–Kier alpha value is -2.44. The van der Waals surface area contributed by atoms with Crippen molar-refractivity contribution < 1.29 is 4.79 Å². The highest BCUT2D eigenvalue weighted by atomic mass is 35.5. The molecule has 27 heavy (non-hydrogen) atoms. The van der Waals surface area contributed by atoms with Crippen molar-refractivity contribution in [1.29, 1.82) is 0 Å². The highest BCUT2D eigenvalue weighted by Crippen LogP contribution is 2.28. The minimum Gasteiger partial charge on any atom is -0.341 e. The number of aromatic nitrogens is 3. The number of hydrogen-bond donors (Lipinski definition) is 1. The second-order valence-electron chi connectivity index (χ2n) is 6.88. The fraction of sp³-hybridized carbons (Fsp3) is 0.350. The highest BCUT2D eigenvalue weighted by Gasteiger charge is 2.25. The van der Waals surface area contributed by atoms with E-state index in [0.29, 0.717) is 11.6 Å². The number of amides is 1. The maximum Gasteiger partial charge on any atom is 0.236 e. The Balaban J connectivity index is 1.62. The second kappa shape index (κ2) is 7.66. The number of halogens is 1. The van der Waals surface area contributed by atoms with E-state index in [-0.39, 0.29) is 11.8 Å². The third-order valence-corrected chi connectivity index (χ3v) is 5.25. The summed E-state index contributed by atoms with van der Waals surface area (Å²) < 4.78 is 1.96. The van der Waals surface area contributed by atoms with E-state index in [1.807, 2.05) is 46.0 Å². The second-order valence-corrected chi connectivity index (χ2v) is 7.31. The first kappa shape index (κ1) is 17.9. The highest BCUT2D eigenvalue weighted by molar-refractivity contribution is 6.30. The zero-order valence-corrected chi connectivity index (χ0v) is 16.0. The van der Waals surface area contributed by atoms with Crippen molar-refractivity contribution >= 4 is 23.2 Å². The van der Waals surface area contributed by atoms with Crippen LogP contribution >= 0.6 is 11.6 Å². The smallest absolute Gasteiger partial charge is 0.236 e. The molecule has 1 atom stereocenters. The molecular weight excluding hydrogens is 362 g/mol. The van der Waals surface area contributed by atoms with Crippen LogP contribution in [0, 0.1) is 0 Å². The van der Waals surface area contributed by atoms with Gasteiger partial charge in [-0.05, 0) is 44.2 Å². The molecule has 1 amide bonds. The number of likely N-dealkylation sites (N-methyl/N-ethyl adjacent to an activating group) is 1. The lowest BCUT2D eigenvalue weighted by Crippen LogP contribution is -2.43.